The molecule has 0 saturated carbocycles. The Labute approximate surface area is 174 Å². The molecule has 0 unspecified atom stereocenters. The van der Waals surface area contributed by atoms with E-state index in [1.165, 1.54) is 18.2 Å². The van der Waals surface area contributed by atoms with E-state index < -0.39 is 10.8 Å². The summed E-state index contributed by atoms with van der Waals surface area (Å²) in [5.41, 5.74) is 0.486. The number of carbonyl (C=O) groups is 1. The lowest BCUT2D eigenvalue weighted by Crippen LogP contribution is -2.13. The summed E-state index contributed by atoms with van der Waals surface area (Å²) in [5.74, 6) is -0.0540. The smallest absolute Gasteiger partial charge is 0.288 e. The van der Waals surface area contributed by atoms with E-state index in [0.29, 0.717) is 22.0 Å². The Morgan fingerprint density at radius 3 is 2.52 bits per heavy atom. The van der Waals surface area contributed by atoms with E-state index in [4.69, 9.17) is 27.6 Å². The second-order valence-electron chi connectivity index (χ2n) is 5.76. The zero-order chi connectivity index (χ0) is 21.0. The topological polar surface area (TPSA) is 109 Å². The van der Waals surface area contributed by atoms with E-state index in [0.717, 1.165) is 0 Å². The van der Waals surface area contributed by atoms with E-state index in [9.17, 15) is 20.2 Å². The molecule has 1 amide bonds. The maximum atomic E-state index is 12.3. The van der Waals surface area contributed by atoms with Gasteiger partial charge in [0.2, 0.25) is 0 Å². The molecule has 0 spiro atoms. The van der Waals surface area contributed by atoms with E-state index >= 15 is 0 Å². The van der Waals surface area contributed by atoms with Crippen LogP contribution in [0.3, 0.4) is 0 Å². The number of halogens is 2. The third-order valence-corrected chi connectivity index (χ3v) is 4.38. The zero-order valence-corrected chi connectivity index (χ0v) is 16.1. The average Bonchev–Trinajstić information content (AvgIpc) is 3.16. The van der Waals surface area contributed by atoms with Crippen molar-refractivity contribution in [1.82, 2.24) is 0 Å². The summed E-state index contributed by atoms with van der Waals surface area (Å²) < 4.78 is 5.60. The fraction of sp³-hybridized carbons (Fsp3) is 0. The molecule has 1 heterocycles. The van der Waals surface area contributed by atoms with Gasteiger partial charge in [0.25, 0.3) is 11.6 Å². The van der Waals surface area contributed by atoms with Crippen LogP contribution in [0, 0.1) is 21.4 Å². The highest BCUT2D eigenvalue weighted by Gasteiger charge is 2.16. The minimum atomic E-state index is -0.616. The lowest BCUT2D eigenvalue weighted by atomic mass is 10.1. The number of nitriles is 1. The molecule has 3 aromatic rings. The predicted octanol–water partition coefficient (Wildman–Crippen LogP) is 5.71. The minimum absolute atomic E-state index is 0.0102. The number of amides is 1. The van der Waals surface area contributed by atoms with Crippen molar-refractivity contribution in [2.24, 2.45) is 0 Å². The fourth-order valence-electron chi connectivity index (χ4n) is 2.41. The van der Waals surface area contributed by atoms with Crippen LogP contribution >= 0.6 is 23.2 Å². The molecule has 0 aliphatic heterocycles. The van der Waals surface area contributed by atoms with E-state index in [-0.39, 0.29) is 22.0 Å². The number of hydrogen-bond acceptors (Lipinski definition) is 5. The van der Waals surface area contributed by atoms with Crippen LogP contribution in [0.15, 0.2) is 64.6 Å². The SMILES string of the molecule is N#CC(=Cc1ccc(-c2ccc(Cl)c([N+](=O)[O-])c2)o1)C(=O)Nc1ccc(Cl)cc1. The van der Waals surface area contributed by atoms with Crippen molar-refractivity contribution in [2.45, 2.75) is 0 Å². The highest BCUT2D eigenvalue weighted by molar-refractivity contribution is 6.32. The molecule has 0 aliphatic carbocycles. The Kier molecular flexibility index (Phi) is 5.98. The van der Waals surface area contributed by atoms with Crippen LogP contribution in [-0.4, -0.2) is 10.8 Å². The van der Waals surface area contributed by atoms with Crippen molar-refractivity contribution in [3.05, 3.63) is 86.1 Å². The summed E-state index contributed by atoms with van der Waals surface area (Å²) in [6, 6.07) is 15.6. The minimum Gasteiger partial charge on any atom is -0.457 e. The number of benzene rings is 2. The van der Waals surface area contributed by atoms with Crippen LogP contribution in [0.5, 0.6) is 0 Å². The lowest BCUT2D eigenvalue weighted by Gasteiger charge is -2.03. The molecule has 0 saturated heterocycles. The molecule has 0 aliphatic rings. The first kappa shape index (κ1) is 20.1. The number of nitrogens with one attached hydrogen (secondary N) is 1. The molecule has 9 heteroatoms. The van der Waals surface area contributed by atoms with Crippen molar-refractivity contribution in [1.29, 1.82) is 5.26 Å². The first-order valence-electron chi connectivity index (χ1n) is 8.10. The molecule has 7 nitrogen and oxygen atoms in total. The molecule has 3 rings (SSSR count). The van der Waals surface area contributed by atoms with Crippen LogP contribution in [0.1, 0.15) is 5.76 Å². The Morgan fingerprint density at radius 1 is 1.14 bits per heavy atom. The van der Waals surface area contributed by atoms with Crippen molar-refractivity contribution < 1.29 is 14.1 Å². The van der Waals surface area contributed by atoms with Gasteiger partial charge in [-0.1, -0.05) is 23.2 Å². The van der Waals surface area contributed by atoms with Gasteiger partial charge in [-0.15, -0.1) is 0 Å². The summed E-state index contributed by atoms with van der Waals surface area (Å²) in [4.78, 5) is 22.7. The summed E-state index contributed by atoms with van der Waals surface area (Å²) >= 11 is 11.6. The highest BCUT2D eigenvalue weighted by atomic mass is 35.5. The Hall–Kier alpha value is -3.60. The third-order valence-electron chi connectivity index (χ3n) is 3.81. The van der Waals surface area contributed by atoms with E-state index in [1.807, 2.05) is 6.07 Å². The Bertz CT molecular complexity index is 1160. The quantitative estimate of drug-likeness (QED) is 0.242. The normalized spacial score (nSPS) is 11.0. The molecular formula is C20H11Cl2N3O4. The highest BCUT2D eigenvalue weighted by Crippen LogP contribution is 2.31. The molecule has 144 valence electrons. The maximum Gasteiger partial charge on any atom is 0.288 e. The van der Waals surface area contributed by atoms with Gasteiger partial charge in [0.15, 0.2) is 0 Å². The number of anilines is 1. The molecule has 0 atom stereocenters. The van der Waals surface area contributed by atoms with Crippen LogP contribution in [-0.2, 0) is 4.79 Å². The van der Waals surface area contributed by atoms with Crippen molar-refractivity contribution >= 4 is 46.6 Å². The molecule has 2 aromatic carbocycles. The van der Waals surface area contributed by atoms with Gasteiger partial charge in [-0.2, -0.15) is 5.26 Å². The molecule has 0 bridgehead atoms. The van der Waals surface area contributed by atoms with Crippen LogP contribution in [0.25, 0.3) is 17.4 Å². The van der Waals surface area contributed by atoms with Crippen LogP contribution in [0.4, 0.5) is 11.4 Å². The summed E-state index contributed by atoms with van der Waals surface area (Å²) in [5, 5.41) is 23.4. The monoisotopic (exact) mass is 427 g/mol. The number of hydrogen-bond donors (Lipinski definition) is 1. The van der Waals surface area contributed by atoms with Crippen molar-refractivity contribution in [3.8, 4) is 17.4 Å². The van der Waals surface area contributed by atoms with Gasteiger partial charge in [-0.25, -0.2) is 0 Å². The second kappa shape index (κ2) is 8.61. The third kappa shape index (κ3) is 4.82. The maximum absolute atomic E-state index is 12.3. The number of carbonyl (C=O) groups excluding carboxylic acids is 1. The molecular weight excluding hydrogens is 417 g/mol. The zero-order valence-electron chi connectivity index (χ0n) is 14.6. The van der Waals surface area contributed by atoms with Gasteiger partial charge in [-0.3, -0.25) is 14.9 Å². The predicted molar refractivity (Wildman–Crippen MR) is 109 cm³/mol. The number of nitro benzene ring substituents is 1. The number of nitrogens with zero attached hydrogens (tertiary/aromatic N) is 2. The number of furan rings is 1. The standard InChI is InChI=1S/C20H11Cl2N3O4/c21-14-2-4-15(5-3-14)24-20(26)13(11-23)9-16-6-8-19(29-16)12-1-7-17(22)18(10-12)25(27)28/h1-10H,(H,24,26). The van der Waals surface area contributed by atoms with Gasteiger partial charge >= 0.3 is 0 Å². The second-order valence-corrected chi connectivity index (χ2v) is 6.60. The van der Waals surface area contributed by atoms with Crippen LogP contribution in [0.2, 0.25) is 10.0 Å². The van der Waals surface area contributed by atoms with Gasteiger partial charge in [-0.05, 0) is 48.5 Å². The Balaban J connectivity index is 1.83. The molecule has 0 radical (unpaired) electrons. The van der Waals surface area contributed by atoms with E-state index in [1.54, 1.807) is 42.5 Å². The van der Waals surface area contributed by atoms with Crippen molar-refractivity contribution in [3.63, 3.8) is 0 Å². The summed E-state index contributed by atoms with van der Waals surface area (Å²) in [6.45, 7) is 0. The van der Waals surface area contributed by atoms with Gasteiger partial charge in [0.1, 0.15) is 28.2 Å². The molecule has 0 fully saturated rings. The Morgan fingerprint density at radius 2 is 1.86 bits per heavy atom. The van der Waals surface area contributed by atoms with Crippen molar-refractivity contribution in [2.75, 3.05) is 5.32 Å². The van der Waals surface area contributed by atoms with Gasteiger partial charge in [0, 0.05) is 28.4 Å². The number of rotatable bonds is 5. The average molecular weight is 428 g/mol. The summed E-state index contributed by atoms with van der Waals surface area (Å²) in [7, 11) is 0. The van der Waals surface area contributed by atoms with E-state index in [2.05, 4.69) is 5.32 Å². The first-order chi connectivity index (χ1) is 13.9. The van der Waals surface area contributed by atoms with Crippen LogP contribution < -0.4 is 5.32 Å². The lowest BCUT2D eigenvalue weighted by molar-refractivity contribution is -0.384. The number of nitro groups is 1. The molecule has 1 aromatic heterocycles. The van der Waals surface area contributed by atoms with Gasteiger partial charge in [0.05, 0.1) is 4.92 Å². The fourth-order valence-corrected chi connectivity index (χ4v) is 2.73. The summed E-state index contributed by atoms with van der Waals surface area (Å²) in [6.07, 6.45) is 1.28. The van der Waals surface area contributed by atoms with Gasteiger partial charge < -0.3 is 9.73 Å². The first-order valence-corrected chi connectivity index (χ1v) is 8.86. The molecule has 29 heavy (non-hydrogen) atoms. The molecule has 1 N–H and O–H groups in total. The largest absolute Gasteiger partial charge is 0.457 e.